The van der Waals surface area contributed by atoms with Crippen molar-refractivity contribution >= 4 is 21.7 Å². The van der Waals surface area contributed by atoms with Gasteiger partial charge in [0.2, 0.25) is 0 Å². The van der Waals surface area contributed by atoms with Crippen molar-refractivity contribution in [3.8, 4) is 0 Å². The lowest BCUT2D eigenvalue weighted by molar-refractivity contribution is 0.222. The molecule has 1 aromatic rings. The summed E-state index contributed by atoms with van der Waals surface area (Å²) in [5, 5.41) is 0. The van der Waals surface area contributed by atoms with Crippen molar-refractivity contribution in [3.05, 3.63) is 22.3 Å². The second kappa shape index (κ2) is 6.02. The van der Waals surface area contributed by atoms with E-state index in [1.807, 2.05) is 6.20 Å². The van der Waals surface area contributed by atoms with E-state index >= 15 is 0 Å². The third kappa shape index (κ3) is 3.45. The number of halogens is 1. The van der Waals surface area contributed by atoms with Gasteiger partial charge in [0.1, 0.15) is 5.82 Å². The molecular formula is C14H22BrN3. The lowest BCUT2D eigenvalue weighted by Gasteiger charge is -2.32. The highest BCUT2D eigenvalue weighted by Crippen LogP contribution is 2.23. The first kappa shape index (κ1) is 13.8. The molecule has 0 aromatic carbocycles. The van der Waals surface area contributed by atoms with Crippen LogP contribution in [0.3, 0.4) is 0 Å². The molecule has 0 radical (unpaired) electrons. The van der Waals surface area contributed by atoms with Crippen molar-refractivity contribution in [3.63, 3.8) is 0 Å². The van der Waals surface area contributed by atoms with Crippen LogP contribution >= 0.6 is 15.9 Å². The number of pyridine rings is 1. The number of piperidine rings is 1. The molecule has 1 aromatic heterocycles. The maximum Gasteiger partial charge on any atom is 0.131 e. The monoisotopic (exact) mass is 311 g/mol. The minimum atomic E-state index is 0.802. The Bertz CT molecular complexity index is 400. The standard InChI is InChI=1S/C14H22BrN3/c1-11-8-13(15)9-16-14(11)18(3)10-12-4-6-17(2)7-5-12/h8-9,12H,4-7,10H2,1-3H3. The Morgan fingerprint density at radius 1 is 1.44 bits per heavy atom. The van der Waals surface area contributed by atoms with Crippen molar-refractivity contribution in [2.45, 2.75) is 19.8 Å². The molecule has 2 rings (SSSR count). The van der Waals surface area contributed by atoms with Gasteiger partial charge in [0.05, 0.1) is 0 Å². The lowest BCUT2D eigenvalue weighted by atomic mass is 9.96. The number of aryl methyl sites for hydroxylation is 1. The summed E-state index contributed by atoms with van der Waals surface area (Å²) in [7, 11) is 4.36. The summed E-state index contributed by atoms with van der Waals surface area (Å²) in [5.74, 6) is 1.91. The largest absolute Gasteiger partial charge is 0.359 e. The van der Waals surface area contributed by atoms with Gasteiger partial charge in [-0.3, -0.25) is 0 Å². The summed E-state index contributed by atoms with van der Waals surface area (Å²) < 4.78 is 1.05. The third-order valence-corrected chi connectivity index (χ3v) is 4.18. The van der Waals surface area contributed by atoms with Crippen molar-refractivity contribution in [2.24, 2.45) is 5.92 Å². The maximum absolute atomic E-state index is 4.53. The zero-order valence-corrected chi connectivity index (χ0v) is 13.1. The van der Waals surface area contributed by atoms with Gasteiger partial charge >= 0.3 is 0 Å². The molecule has 0 aliphatic carbocycles. The molecule has 1 saturated heterocycles. The van der Waals surface area contributed by atoms with Gasteiger partial charge < -0.3 is 9.80 Å². The van der Waals surface area contributed by atoms with Crippen LogP contribution in [0.4, 0.5) is 5.82 Å². The average Bonchev–Trinajstić information content (AvgIpc) is 2.32. The first-order valence-electron chi connectivity index (χ1n) is 6.58. The van der Waals surface area contributed by atoms with Gasteiger partial charge in [-0.05, 0) is 73.4 Å². The smallest absolute Gasteiger partial charge is 0.131 e. The Morgan fingerprint density at radius 3 is 2.72 bits per heavy atom. The highest BCUT2D eigenvalue weighted by Gasteiger charge is 2.19. The fourth-order valence-corrected chi connectivity index (χ4v) is 3.10. The topological polar surface area (TPSA) is 19.4 Å². The zero-order valence-electron chi connectivity index (χ0n) is 11.5. The molecule has 1 fully saturated rings. The van der Waals surface area contributed by atoms with E-state index in [0.29, 0.717) is 0 Å². The molecule has 0 atom stereocenters. The minimum Gasteiger partial charge on any atom is -0.359 e. The molecule has 4 heteroatoms. The van der Waals surface area contributed by atoms with Crippen LogP contribution in [-0.2, 0) is 0 Å². The molecular weight excluding hydrogens is 290 g/mol. The Kier molecular flexibility index (Phi) is 4.62. The highest BCUT2D eigenvalue weighted by atomic mass is 79.9. The van der Waals surface area contributed by atoms with E-state index in [0.717, 1.165) is 22.8 Å². The summed E-state index contributed by atoms with van der Waals surface area (Å²) in [5.41, 5.74) is 1.24. The summed E-state index contributed by atoms with van der Waals surface area (Å²) in [6.45, 7) is 5.69. The van der Waals surface area contributed by atoms with Crippen LogP contribution < -0.4 is 4.90 Å². The Labute approximate surface area is 118 Å². The van der Waals surface area contributed by atoms with E-state index in [9.17, 15) is 0 Å². The van der Waals surface area contributed by atoms with E-state index in [4.69, 9.17) is 0 Å². The third-order valence-electron chi connectivity index (χ3n) is 3.75. The number of likely N-dealkylation sites (tertiary alicyclic amines) is 1. The van der Waals surface area contributed by atoms with Gasteiger partial charge in [0.15, 0.2) is 0 Å². The molecule has 0 saturated carbocycles. The molecule has 0 unspecified atom stereocenters. The molecule has 0 N–H and O–H groups in total. The summed E-state index contributed by atoms with van der Waals surface area (Å²) in [6.07, 6.45) is 4.49. The quantitative estimate of drug-likeness (QED) is 0.855. The van der Waals surface area contributed by atoms with Crippen LogP contribution in [0.25, 0.3) is 0 Å². The second-order valence-electron chi connectivity index (χ2n) is 5.42. The number of aromatic nitrogens is 1. The zero-order chi connectivity index (χ0) is 13.1. The minimum absolute atomic E-state index is 0.802. The van der Waals surface area contributed by atoms with Crippen LogP contribution in [0.15, 0.2) is 16.7 Å². The Balaban J connectivity index is 1.97. The van der Waals surface area contributed by atoms with Gasteiger partial charge in [0, 0.05) is 24.3 Å². The number of anilines is 1. The van der Waals surface area contributed by atoms with Crippen LogP contribution in [0.2, 0.25) is 0 Å². The summed E-state index contributed by atoms with van der Waals surface area (Å²) >= 11 is 3.46. The number of nitrogens with zero attached hydrogens (tertiary/aromatic N) is 3. The SMILES string of the molecule is Cc1cc(Br)cnc1N(C)CC1CCN(C)CC1. The predicted octanol–water partition coefficient (Wildman–Crippen LogP) is 2.93. The number of hydrogen-bond donors (Lipinski definition) is 0. The molecule has 2 heterocycles. The first-order chi connectivity index (χ1) is 8.56. The van der Waals surface area contributed by atoms with Gasteiger partial charge in [-0.15, -0.1) is 0 Å². The average molecular weight is 312 g/mol. The Hall–Kier alpha value is -0.610. The highest BCUT2D eigenvalue weighted by molar-refractivity contribution is 9.10. The normalized spacial score (nSPS) is 18.0. The molecule has 0 spiro atoms. The number of hydrogen-bond acceptors (Lipinski definition) is 3. The van der Waals surface area contributed by atoms with E-state index < -0.39 is 0 Å². The first-order valence-corrected chi connectivity index (χ1v) is 7.37. The maximum atomic E-state index is 4.53. The predicted molar refractivity (Wildman–Crippen MR) is 80.2 cm³/mol. The number of rotatable bonds is 3. The lowest BCUT2D eigenvalue weighted by Crippen LogP contribution is -2.36. The van der Waals surface area contributed by atoms with E-state index in [2.05, 4.69) is 57.8 Å². The second-order valence-corrected chi connectivity index (χ2v) is 6.34. The molecule has 18 heavy (non-hydrogen) atoms. The summed E-state index contributed by atoms with van der Waals surface area (Å²) in [4.78, 5) is 9.25. The van der Waals surface area contributed by atoms with Gasteiger partial charge in [-0.1, -0.05) is 0 Å². The van der Waals surface area contributed by atoms with Crippen LogP contribution in [0, 0.1) is 12.8 Å². The fourth-order valence-electron chi connectivity index (χ4n) is 2.65. The molecule has 1 aliphatic heterocycles. The van der Waals surface area contributed by atoms with E-state index in [-0.39, 0.29) is 0 Å². The van der Waals surface area contributed by atoms with Crippen molar-refractivity contribution in [2.75, 3.05) is 38.6 Å². The molecule has 100 valence electrons. The van der Waals surface area contributed by atoms with Gasteiger partial charge in [-0.2, -0.15) is 0 Å². The van der Waals surface area contributed by atoms with E-state index in [1.54, 1.807) is 0 Å². The molecule has 0 amide bonds. The van der Waals surface area contributed by atoms with Gasteiger partial charge in [-0.25, -0.2) is 4.98 Å². The van der Waals surface area contributed by atoms with Crippen molar-refractivity contribution in [1.29, 1.82) is 0 Å². The molecule has 3 nitrogen and oxygen atoms in total. The van der Waals surface area contributed by atoms with Crippen LogP contribution in [-0.4, -0.2) is 43.6 Å². The van der Waals surface area contributed by atoms with Crippen molar-refractivity contribution < 1.29 is 0 Å². The molecule has 0 bridgehead atoms. The molecule has 1 aliphatic rings. The van der Waals surface area contributed by atoms with Crippen molar-refractivity contribution in [1.82, 2.24) is 9.88 Å². The van der Waals surface area contributed by atoms with E-state index in [1.165, 1.54) is 31.5 Å². The van der Waals surface area contributed by atoms with Gasteiger partial charge in [0.25, 0.3) is 0 Å². The fraction of sp³-hybridized carbons (Fsp3) is 0.643. The van der Waals surface area contributed by atoms with Crippen LogP contribution in [0.1, 0.15) is 18.4 Å². The van der Waals surface area contributed by atoms with Crippen LogP contribution in [0.5, 0.6) is 0 Å². The summed E-state index contributed by atoms with van der Waals surface area (Å²) in [6, 6.07) is 2.13. The Morgan fingerprint density at radius 2 is 2.11 bits per heavy atom.